The smallest absolute Gasteiger partial charge is 0.339 e. The topological polar surface area (TPSA) is 56.9 Å². The predicted octanol–water partition coefficient (Wildman–Crippen LogP) is 5.16. The molecule has 2 bridgehead atoms. The van der Waals surface area contributed by atoms with Gasteiger partial charge in [0.2, 0.25) is 0 Å². The van der Waals surface area contributed by atoms with Crippen molar-refractivity contribution in [3.05, 3.63) is 49.8 Å². The van der Waals surface area contributed by atoms with Gasteiger partial charge >= 0.3 is 5.63 Å². The van der Waals surface area contributed by atoms with Crippen LogP contribution in [0.1, 0.15) is 55.2 Å². The van der Waals surface area contributed by atoms with Gasteiger partial charge in [-0.15, -0.1) is 0 Å². The molecule has 0 amide bonds. The summed E-state index contributed by atoms with van der Waals surface area (Å²) in [5.74, 6) is 1.35. The molecule has 0 radical (unpaired) electrons. The van der Waals surface area contributed by atoms with Crippen molar-refractivity contribution in [2.45, 2.75) is 71.0 Å². The third-order valence-electron chi connectivity index (χ3n) is 8.89. The standard InChI is InChI=1S/C27H33ClN2O3/c1-15-16(2)27(32)33-26-20(15)12-22(28)25(31)21(26)14-30-9-5-6-17-10-18-11-19(24(17)30)13-29-8-4-3-7-23(18)29/h10,12,18-19,23-24,31H,3-9,11,13-14H2,1-2H3/t18-,19-,23+,24+/m0/s1. The highest BCUT2D eigenvalue weighted by Gasteiger charge is 2.46. The molecule has 0 unspecified atom stereocenters. The van der Waals surface area contributed by atoms with Crippen molar-refractivity contribution in [1.82, 2.24) is 9.80 Å². The lowest BCUT2D eigenvalue weighted by Gasteiger charge is -2.54. The highest BCUT2D eigenvalue weighted by Crippen LogP contribution is 2.46. The van der Waals surface area contributed by atoms with Crippen LogP contribution >= 0.6 is 11.6 Å². The average Bonchev–Trinajstić information content (AvgIpc) is 2.81. The Labute approximate surface area is 200 Å². The van der Waals surface area contributed by atoms with Crippen molar-refractivity contribution in [3.63, 3.8) is 0 Å². The number of fused-ring (bicyclic) bond motifs is 7. The first kappa shape index (κ1) is 21.7. The molecule has 2 aromatic rings. The number of hydrogen-bond donors (Lipinski definition) is 1. The SMILES string of the molecule is Cc1c(C)c2cc(Cl)c(O)c(CN3CCCC4=C[C@H]5C[C@@H](CN6CCCC[C@H]56)[C@@H]43)c2oc1=O. The molecular formula is C27H33ClN2O3. The van der Waals surface area contributed by atoms with Gasteiger partial charge in [-0.25, -0.2) is 4.79 Å². The van der Waals surface area contributed by atoms with Gasteiger partial charge in [-0.3, -0.25) is 9.80 Å². The van der Waals surface area contributed by atoms with Gasteiger partial charge in [0, 0.05) is 36.1 Å². The molecule has 4 aliphatic rings. The average molecular weight is 469 g/mol. The highest BCUT2D eigenvalue weighted by atomic mass is 35.5. The van der Waals surface area contributed by atoms with Crippen molar-refractivity contribution < 1.29 is 9.52 Å². The first-order valence-corrected chi connectivity index (χ1v) is 12.9. The van der Waals surface area contributed by atoms with Crippen LogP contribution < -0.4 is 5.63 Å². The summed E-state index contributed by atoms with van der Waals surface area (Å²) < 4.78 is 5.75. The summed E-state index contributed by atoms with van der Waals surface area (Å²) in [6.07, 6.45) is 10.2. The van der Waals surface area contributed by atoms with Crippen LogP contribution in [-0.4, -0.2) is 46.6 Å². The maximum atomic E-state index is 12.5. The third kappa shape index (κ3) is 3.46. The van der Waals surface area contributed by atoms with Crippen LogP contribution in [0.2, 0.25) is 5.02 Å². The fraction of sp³-hybridized carbons (Fsp3) is 0.593. The second kappa shape index (κ2) is 8.14. The summed E-state index contributed by atoms with van der Waals surface area (Å²) in [7, 11) is 0. The molecule has 176 valence electrons. The van der Waals surface area contributed by atoms with Crippen LogP contribution in [0.5, 0.6) is 5.75 Å². The summed E-state index contributed by atoms with van der Waals surface area (Å²) in [4.78, 5) is 17.8. The Bertz CT molecular complexity index is 1200. The summed E-state index contributed by atoms with van der Waals surface area (Å²) in [6, 6.07) is 2.86. The highest BCUT2D eigenvalue weighted by molar-refractivity contribution is 6.33. The fourth-order valence-corrected chi connectivity index (χ4v) is 7.43. The van der Waals surface area contributed by atoms with E-state index in [9.17, 15) is 9.90 Å². The predicted molar refractivity (Wildman–Crippen MR) is 131 cm³/mol. The van der Waals surface area contributed by atoms with Gasteiger partial charge in [0.05, 0.1) is 10.6 Å². The Morgan fingerprint density at radius 2 is 2.03 bits per heavy atom. The summed E-state index contributed by atoms with van der Waals surface area (Å²) in [5, 5.41) is 12.1. The Balaban J connectivity index is 1.40. The second-order valence-corrected chi connectivity index (χ2v) is 11.1. The molecule has 6 heteroatoms. The van der Waals surface area contributed by atoms with Gasteiger partial charge in [-0.2, -0.15) is 0 Å². The number of piperidine rings is 3. The van der Waals surface area contributed by atoms with E-state index in [1.165, 1.54) is 45.2 Å². The Morgan fingerprint density at radius 3 is 2.88 bits per heavy atom. The van der Waals surface area contributed by atoms with E-state index < -0.39 is 0 Å². The first-order valence-electron chi connectivity index (χ1n) is 12.6. The van der Waals surface area contributed by atoms with Crippen molar-refractivity contribution in [3.8, 4) is 5.75 Å². The number of benzene rings is 1. The zero-order valence-electron chi connectivity index (χ0n) is 19.6. The van der Waals surface area contributed by atoms with E-state index in [-0.39, 0.29) is 11.4 Å². The molecule has 0 saturated carbocycles. The molecule has 5 nitrogen and oxygen atoms in total. The molecule has 3 fully saturated rings. The molecule has 4 heterocycles. The quantitative estimate of drug-likeness (QED) is 0.487. The zero-order chi connectivity index (χ0) is 22.9. The Morgan fingerprint density at radius 1 is 1.18 bits per heavy atom. The minimum Gasteiger partial charge on any atom is -0.506 e. The van der Waals surface area contributed by atoms with E-state index in [1.54, 1.807) is 18.6 Å². The molecule has 1 aliphatic carbocycles. The van der Waals surface area contributed by atoms with Crippen LogP contribution in [0.4, 0.5) is 0 Å². The number of phenolic OH excluding ortho intramolecular Hbond substituents is 1. The maximum absolute atomic E-state index is 12.5. The van der Waals surface area contributed by atoms with Crippen molar-refractivity contribution >= 4 is 22.6 Å². The Hall–Kier alpha value is -1.82. The van der Waals surface area contributed by atoms with Crippen LogP contribution in [0.3, 0.4) is 0 Å². The van der Waals surface area contributed by atoms with E-state index >= 15 is 0 Å². The lowest BCUT2D eigenvalue weighted by atomic mass is 9.68. The molecule has 3 saturated heterocycles. The van der Waals surface area contributed by atoms with Gasteiger partial charge in [0.25, 0.3) is 0 Å². The normalized spacial score (nSPS) is 30.1. The number of hydrogen-bond acceptors (Lipinski definition) is 5. The minimum atomic E-state index is -0.342. The fourth-order valence-electron chi connectivity index (χ4n) is 7.21. The van der Waals surface area contributed by atoms with E-state index in [0.717, 1.165) is 30.0 Å². The largest absolute Gasteiger partial charge is 0.506 e. The molecule has 1 aromatic heterocycles. The van der Waals surface area contributed by atoms with E-state index in [0.29, 0.717) is 46.2 Å². The third-order valence-corrected chi connectivity index (χ3v) is 9.18. The number of aryl methyl sites for hydroxylation is 1. The number of aromatic hydroxyl groups is 1. The molecule has 6 rings (SSSR count). The van der Waals surface area contributed by atoms with Crippen LogP contribution in [0.25, 0.3) is 11.0 Å². The lowest BCUT2D eigenvalue weighted by molar-refractivity contribution is -0.00274. The van der Waals surface area contributed by atoms with Gasteiger partial charge < -0.3 is 9.52 Å². The monoisotopic (exact) mass is 468 g/mol. The maximum Gasteiger partial charge on any atom is 0.339 e. The summed E-state index contributed by atoms with van der Waals surface area (Å²) in [5.41, 5.74) is 3.84. The number of likely N-dealkylation sites (tertiary alicyclic amines) is 1. The van der Waals surface area contributed by atoms with E-state index in [1.807, 2.05) is 6.92 Å². The first-order chi connectivity index (χ1) is 15.9. The molecule has 1 aromatic carbocycles. The van der Waals surface area contributed by atoms with Gasteiger partial charge in [0.1, 0.15) is 11.3 Å². The second-order valence-electron chi connectivity index (χ2n) is 10.7. The zero-order valence-corrected chi connectivity index (χ0v) is 20.3. The Kier molecular flexibility index (Phi) is 5.35. The number of halogens is 1. The molecule has 4 atom stereocenters. The van der Waals surface area contributed by atoms with Crippen LogP contribution in [0, 0.1) is 25.7 Å². The molecule has 0 spiro atoms. The summed E-state index contributed by atoms with van der Waals surface area (Å²) in [6.45, 7) is 7.63. The van der Waals surface area contributed by atoms with Gasteiger partial charge in [-0.1, -0.05) is 29.7 Å². The lowest BCUT2D eigenvalue weighted by Crippen LogP contribution is -2.59. The van der Waals surface area contributed by atoms with Crippen LogP contribution in [-0.2, 0) is 6.54 Å². The minimum absolute atomic E-state index is 0.0418. The molecule has 1 N–H and O–H groups in total. The number of phenols is 1. The molecular weight excluding hydrogens is 436 g/mol. The molecule has 3 aliphatic heterocycles. The van der Waals surface area contributed by atoms with E-state index in [2.05, 4.69) is 15.9 Å². The van der Waals surface area contributed by atoms with Gasteiger partial charge in [-0.05, 0) is 82.5 Å². The van der Waals surface area contributed by atoms with Crippen LogP contribution in [0.15, 0.2) is 26.9 Å². The van der Waals surface area contributed by atoms with Gasteiger partial charge in [0.15, 0.2) is 0 Å². The summed E-state index contributed by atoms with van der Waals surface area (Å²) >= 11 is 6.47. The van der Waals surface area contributed by atoms with Crippen molar-refractivity contribution in [1.29, 1.82) is 0 Å². The molecule has 33 heavy (non-hydrogen) atoms. The van der Waals surface area contributed by atoms with Crippen molar-refractivity contribution in [2.24, 2.45) is 11.8 Å². The number of nitrogens with zero attached hydrogens (tertiary/aromatic N) is 2. The number of rotatable bonds is 2. The van der Waals surface area contributed by atoms with E-state index in [4.69, 9.17) is 16.0 Å². The van der Waals surface area contributed by atoms with Crippen molar-refractivity contribution in [2.75, 3.05) is 19.6 Å².